The summed E-state index contributed by atoms with van der Waals surface area (Å²) in [6, 6.07) is 0. The van der Waals surface area contributed by atoms with Gasteiger partial charge in [0.1, 0.15) is 0 Å². The number of rotatable bonds is 2. The molecule has 0 spiro atoms. The third kappa shape index (κ3) is 1.85. The van der Waals surface area contributed by atoms with Crippen LogP contribution in [0.5, 0.6) is 5.75 Å². The van der Waals surface area contributed by atoms with Crippen LogP contribution < -0.4 is 10.1 Å². The SMILES string of the molecule is COc1c(F)c(F)c(C2=CC(=O)NC2=O)c(F)c1F. The lowest BCUT2D eigenvalue weighted by atomic mass is 10.0. The first-order valence-corrected chi connectivity index (χ1v) is 4.85. The monoisotopic (exact) mass is 275 g/mol. The number of hydrogen-bond acceptors (Lipinski definition) is 3. The lowest BCUT2D eigenvalue weighted by Gasteiger charge is -2.10. The maximum absolute atomic E-state index is 13.6. The maximum Gasteiger partial charge on any atom is 0.259 e. The first-order valence-electron chi connectivity index (χ1n) is 4.85. The van der Waals surface area contributed by atoms with Crippen molar-refractivity contribution in [2.24, 2.45) is 0 Å². The van der Waals surface area contributed by atoms with Gasteiger partial charge in [0.15, 0.2) is 17.4 Å². The number of benzene rings is 1. The summed E-state index contributed by atoms with van der Waals surface area (Å²) >= 11 is 0. The van der Waals surface area contributed by atoms with Gasteiger partial charge in [0.05, 0.1) is 18.2 Å². The summed E-state index contributed by atoms with van der Waals surface area (Å²) in [4.78, 5) is 22.1. The van der Waals surface area contributed by atoms with Gasteiger partial charge in [-0.3, -0.25) is 14.9 Å². The van der Waals surface area contributed by atoms with E-state index in [2.05, 4.69) is 4.74 Å². The molecule has 100 valence electrons. The zero-order valence-electron chi connectivity index (χ0n) is 9.31. The minimum atomic E-state index is -1.81. The molecule has 1 aliphatic rings. The van der Waals surface area contributed by atoms with Crippen LogP contribution in [0.25, 0.3) is 5.57 Å². The van der Waals surface area contributed by atoms with Crippen LogP contribution in [0.2, 0.25) is 0 Å². The Morgan fingerprint density at radius 2 is 1.53 bits per heavy atom. The second-order valence-corrected chi connectivity index (χ2v) is 3.54. The molecule has 1 heterocycles. The van der Waals surface area contributed by atoms with Gasteiger partial charge in [-0.15, -0.1) is 0 Å². The van der Waals surface area contributed by atoms with Crippen molar-refractivity contribution in [1.29, 1.82) is 0 Å². The smallest absolute Gasteiger partial charge is 0.259 e. The van der Waals surface area contributed by atoms with E-state index >= 15 is 0 Å². The molecule has 1 aliphatic heterocycles. The molecule has 0 fully saturated rings. The molecule has 0 radical (unpaired) electrons. The first kappa shape index (κ1) is 13.1. The second-order valence-electron chi connectivity index (χ2n) is 3.54. The third-order valence-corrected chi connectivity index (χ3v) is 2.45. The molecular weight excluding hydrogens is 270 g/mol. The second kappa shape index (κ2) is 4.38. The van der Waals surface area contributed by atoms with Crippen molar-refractivity contribution >= 4 is 17.4 Å². The average molecular weight is 275 g/mol. The molecule has 4 nitrogen and oxygen atoms in total. The molecular formula is C11H5F4NO3. The molecule has 1 aromatic carbocycles. The Labute approximate surface area is 103 Å². The molecule has 0 aliphatic carbocycles. The van der Waals surface area contributed by atoms with Crippen LogP contribution in [0.15, 0.2) is 6.08 Å². The van der Waals surface area contributed by atoms with Crippen LogP contribution in [0, 0.1) is 23.3 Å². The van der Waals surface area contributed by atoms with E-state index in [0.29, 0.717) is 6.08 Å². The average Bonchev–Trinajstić information content (AvgIpc) is 2.67. The van der Waals surface area contributed by atoms with Gasteiger partial charge >= 0.3 is 0 Å². The molecule has 0 unspecified atom stereocenters. The number of amides is 2. The van der Waals surface area contributed by atoms with E-state index in [0.717, 1.165) is 7.11 Å². The largest absolute Gasteiger partial charge is 0.491 e. The van der Waals surface area contributed by atoms with Gasteiger partial charge < -0.3 is 4.74 Å². The summed E-state index contributed by atoms with van der Waals surface area (Å²) in [5.41, 5.74) is -2.04. The van der Waals surface area contributed by atoms with Crippen LogP contribution in [0.1, 0.15) is 5.56 Å². The van der Waals surface area contributed by atoms with Crippen molar-refractivity contribution in [3.63, 3.8) is 0 Å². The summed E-state index contributed by atoms with van der Waals surface area (Å²) in [6.45, 7) is 0. The maximum atomic E-state index is 13.6. The minimum absolute atomic E-state index is 0.551. The number of nitrogens with one attached hydrogen (secondary N) is 1. The highest BCUT2D eigenvalue weighted by atomic mass is 19.2. The number of imide groups is 1. The molecule has 0 aromatic heterocycles. The number of hydrogen-bond donors (Lipinski definition) is 1. The molecule has 1 N–H and O–H groups in total. The Morgan fingerprint density at radius 1 is 1.00 bits per heavy atom. The predicted octanol–water partition coefficient (Wildman–Crippen LogP) is 1.29. The number of ether oxygens (including phenoxy) is 1. The summed E-state index contributed by atoms with van der Waals surface area (Å²) < 4.78 is 58.3. The first-order chi connectivity index (χ1) is 8.88. The van der Waals surface area contributed by atoms with Crippen molar-refractivity contribution in [2.75, 3.05) is 7.11 Å². The molecule has 2 amide bonds. The Kier molecular flexibility index (Phi) is 3.01. The van der Waals surface area contributed by atoms with Crippen LogP contribution in [0.3, 0.4) is 0 Å². The summed E-state index contributed by atoms with van der Waals surface area (Å²) in [6.07, 6.45) is 0.551. The molecule has 1 aromatic rings. The molecule has 0 saturated heterocycles. The highest BCUT2D eigenvalue weighted by molar-refractivity contribution is 6.33. The Balaban J connectivity index is 2.76. The quantitative estimate of drug-likeness (QED) is 0.502. The van der Waals surface area contributed by atoms with Crippen LogP contribution >= 0.6 is 0 Å². The standard InChI is InChI=1S/C11H5F4NO3/c1-19-10-8(14)6(12)5(7(13)9(10)15)3-2-4(17)16-11(3)18/h2H,1H3,(H,16,17,18). The Bertz CT molecular complexity index is 610. The van der Waals surface area contributed by atoms with Crippen molar-refractivity contribution in [1.82, 2.24) is 5.32 Å². The van der Waals surface area contributed by atoms with Gasteiger partial charge in [0.2, 0.25) is 11.6 Å². The van der Waals surface area contributed by atoms with Crippen LogP contribution in [0.4, 0.5) is 17.6 Å². The fourth-order valence-electron chi connectivity index (χ4n) is 1.62. The zero-order valence-corrected chi connectivity index (χ0v) is 9.31. The normalized spacial score (nSPS) is 14.5. The van der Waals surface area contributed by atoms with Gasteiger partial charge in [-0.05, 0) is 0 Å². The number of halogens is 4. The van der Waals surface area contributed by atoms with Crippen molar-refractivity contribution in [3.8, 4) is 5.75 Å². The highest BCUT2D eigenvalue weighted by Crippen LogP contribution is 2.34. The van der Waals surface area contributed by atoms with E-state index in [1.807, 2.05) is 0 Å². The van der Waals surface area contributed by atoms with Gasteiger partial charge in [0, 0.05) is 6.08 Å². The Hall–Kier alpha value is -2.38. The topological polar surface area (TPSA) is 55.4 Å². The molecule has 0 saturated carbocycles. The summed E-state index contributed by atoms with van der Waals surface area (Å²) in [5, 5.41) is 1.71. The van der Waals surface area contributed by atoms with Crippen molar-refractivity contribution < 1.29 is 31.9 Å². The molecule has 0 atom stereocenters. The highest BCUT2D eigenvalue weighted by Gasteiger charge is 2.33. The van der Waals surface area contributed by atoms with E-state index < -0.39 is 52.0 Å². The van der Waals surface area contributed by atoms with Crippen LogP contribution in [-0.2, 0) is 9.59 Å². The van der Waals surface area contributed by atoms with E-state index in [1.54, 1.807) is 5.32 Å². The number of methoxy groups -OCH3 is 1. The van der Waals surface area contributed by atoms with Gasteiger partial charge in [0.25, 0.3) is 11.8 Å². The zero-order chi connectivity index (χ0) is 14.3. The predicted molar refractivity (Wildman–Crippen MR) is 54.0 cm³/mol. The van der Waals surface area contributed by atoms with Gasteiger partial charge in [-0.1, -0.05) is 0 Å². The third-order valence-electron chi connectivity index (χ3n) is 2.45. The van der Waals surface area contributed by atoms with E-state index in [9.17, 15) is 27.2 Å². The van der Waals surface area contributed by atoms with Crippen molar-refractivity contribution in [3.05, 3.63) is 34.9 Å². The van der Waals surface area contributed by atoms with E-state index in [-0.39, 0.29) is 0 Å². The molecule has 8 heteroatoms. The van der Waals surface area contributed by atoms with E-state index in [1.165, 1.54) is 0 Å². The van der Waals surface area contributed by atoms with Crippen LogP contribution in [-0.4, -0.2) is 18.9 Å². The number of carbonyl (C=O) groups excluding carboxylic acids is 2. The fraction of sp³-hybridized carbons (Fsp3) is 0.0909. The molecule has 19 heavy (non-hydrogen) atoms. The minimum Gasteiger partial charge on any atom is -0.491 e. The molecule has 0 bridgehead atoms. The van der Waals surface area contributed by atoms with Gasteiger partial charge in [-0.2, -0.15) is 8.78 Å². The molecule has 2 rings (SSSR count). The fourth-order valence-corrected chi connectivity index (χ4v) is 1.62. The lowest BCUT2D eigenvalue weighted by Crippen LogP contribution is -2.22. The summed E-state index contributed by atoms with van der Waals surface area (Å²) in [7, 11) is 0.825. The van der Waals surface area contributed by atoms with E-state index in [4.69, 9.17) is 0 Å². The van der Waals surface area contributed by atoms with Crippen molar-refractivity contribution in [2.45, 2.75) is 0 Å². The number of carbonyl (C=O) groups is 2. The lowest BCUT2D eigenvalue weighted by molar-refractivity contribution is -0.123. The summed E-state index contributed by atoms with van der Waals surface area (Å²) in [5.74, 6) is -10.5. The van der Waals surface area contributed by atoms with Gasteiger partial charge in [-0.25, -0.2) is 8.78 Å². The Morgan fingerprint density at radius 3 is 1.89 bits per heavy atom.